The summed E-state index contributed by atoms with van der Waals surface area (Å²) in [6.07, 6.45) is 0. The Morgan fingerprint density at radius 3 is 2.74 bits per heavy atom. The fraction of sp³-hybridized carbons (Fsp3) is 0.211. The molecule has 2 heterocycles. The van der Waals surface area contributed by atoms with Crippen LogP contribution in [0.4, 0.5) is 5.69 Å². The molecule has 138 valence electrons. The third-order valence-corrected chi connectivity index (χ3v) is 5.70. The Bertz CT molecular complexity index is 990. The van der Waals surface area contributed by atoms with Crippen molar-refractivity contribution < 1.29 is 19.1 Å². The smallest absolute Gasteiger partial charge is 0.251 e. The van der Waals surface area contributed by atoms with Gasteiger partial charge < -0.3 is 9.94 Å². The van der Waals surface area contributed by atoms with E-state index in [0.717, 1.165) is 5.56 Å². The third kappa shape index (κ3) is 3.02. The van der Waals surface area contributed by atoms with Crippen LogP contribution in [0.5, 0.6) is 5.75 Å². The number of methoxy groups -OCH3 is 1. The van der Waals surface area contributed by atoms with Crippen molar-refractivity contribution in [1.29, 1.82) is 0 Å². The Labute approximate surface area is 160 Å². The molecule has 2 aromatic carbocycles. The maximum Gasteiger partial charge on any atom is 0.251 e. The fourth-order valence-electron chi connectivity index (χ4n) is 3.13. The minimum absolute atomic E-state index is 0.0000618. The number of thioether (sulfide) groups is 1. The zero-order valence-corrected chi connectivity index (χ0v) is 15.6. The Kier molecular flexibility index (Phi) is 4.49. The molecule has 0 N–H and O–H groups in total. The molecule has 1 aliphatic heterocycles. The van der Waals surface area contributed by atoms with E-state index in [4.69, 9.17) is 4.74 Å². The summed E-state index contributed by atoms with van der Waals surface area (Å²) in [5.41, 5.74) is 3.14. The van der Waals surface area contributed by atoms with Gasteiger partial charge in [0.1, 0.15) is 11.1 Å². The number of hydrogen-bond acceptors (Lipinski definition) is 6. The van der Waals surface area contributed by atoms with Crippen molar-refractivity contribution in [3.05, 3.63) is 65.0 Å². The first kappa shape index (κ1) is 17.4. The predicted octanol–water partition coefficient (Wildman–Crippen LogP) is 3.07. The fourth-order valence-corrected chi connectivity index (χ4v) is 4.30. The second-order valence-electron chi connectivity index (χ2n) is 6.09. The van der Waals surface area contributed by atoms with Crippen molar-refractivity contribution in [2.75, 3.05) is 17.8 Å². The second kappa shape index (κ2) is 6.96. The normalized spacial score (nSPS) is 16.7. The van der Waals surface area contributed by atoms with E-state index in [2.05, 4.69) is 9.79 Å². The Morgan fingerprint density at radius 1 is 1.30 bits per heavy atom. The Balaban J connectivity index is 1.82. The number of ether oxygens (including phenoxy) is 1. The van der Waals surface area contributed by atoms with Crippen LogP contribution in [0.3, 0.4) is 0 Å². The molecule has 0 bridgehead atoms. The number of carbonyl (C=O) groups is 1. The number of hydrogen-bond donors (Lipinski definition) is 0. The van der Waals surface area contributed by atoms with E-state index in [1.54, 1.807) is 42.8 Å². The average molecular weight is 383 g/mol. The first-order valence-corrected chi connectivity index (χ1v) is 9.38. The van der Waals surface area contributed by atoms with E-state index in [1.807, 2.05) is 36.4 Å². The van der Waals surface area contributed by atoms with Crippen molar-refractivity contribution in [1.82, 2.24) is 5.16 Å². The molecule has 3 aromatic rings. The summed E-state index contributed by atoms with van der Waals surface area (Å²) >= 11 is 1.57. The lowest BCUT2D eigenvalue weighted by Gasteiger charge is -2.26. The number of nitrogens with zero attached hydrogens (tertiary/aromatic N) is 3. The molecule has 1 aromatic heterocycles. The zero-order chi connectivity index (χ0) is 19.0. The highest BCUT2D eigenvalue weighted by Gasteiger charge is 2.36. The Morgan fingerprint density at radius 2 is 2.07 bits per heavy atom. The molecule has 27 heavy (non-hydrogen) atoms. The van der Waals surface area contributed by atoms with Gasteiger partial charge in [0, 0.05) is 17.6 Å². The predicted molar refractivity (Wildman–Crippen MR) is 101 cm³/mol. The monoisotopic (exact) mass is 383 g/mol. The first-order valence-electron chi connectivity index (χ1n) is 8.33. The lowest BCUT2D eigenvalue weighted by atomic mass is 10.1. The van der Waals surface area contributed by atoms with E-state index in [1.165, 1.54) is 0 Å². The maximum atomic E-state index is 12.7. The third-order valence-electron chi connectivity index (χ3n) is 4.49. The van der Waals surface area contributed by atoms with Crippen LogP contribution in [-0.2, 0) is 4.79 Å². The van der Waals surface area contributed by atoms with E-state index in [-0.39, 0.29) is 11.3 Å². The van der Waals surface area contributed by atoms with Gasteiger partial charge in [0.2, 0.25) is 11.6 Å². The average Bonchev–Trinajstić information content (AvgIpc) is 3.24. The van der Waals surface area contributed by atoms with Gasteiger partial charge in [0.25, 0.3) is 5.69 Å². The molecule has 1 unspecified atom stereocenters. The molecule has 1 saturated heterocycles. The molecule has 0 saturated carbocycles. The molecule has 0 spiro atoms. The van der Waals surface area contributed by atoms with Gasteiger partial charge >= 0.3 is 0 Å². The highest BCUT2D eigenvalue weighted by Crippen LogP contribution is 2.45. The molecule has 0 radical (unpaired) electrons. The van der Waals surface area contributed by atoms with Crippen LogP contribution >= 0.6 is 11.8 Å². The van der Waals surface area contributed by atoms with Crippen molar-refractivity contribution in [2.24, 2.45) is 0 Å². The maximum absolute atomic E-state index is 12.7. The van der Waals surface area contributed by atoms with Crippen molar-refractivity contribution in [3.8, 4) is 17.0 Å². The molecule has 1 atom stereocenters. The molecule has 4 rings (SSSR count). The quantitative estimate of drug-likeness (QED) is 0.644. The molecular weight excluding hydrogens is 366 g/mol. The Hall–Kier alpha value is -3.00. The van der Waals surface area contributed by atoms with E-state index >= 15 is 0 Å². The minimum Gasteiger partial charge on any atom is -0.495 e. The van der Waals surface area contributed by atoms with Gasteiger partial charge in [0.15, 0.2) is 0 Å². The number of anilines is 1. The standard InChI is InChI=1S/C19H17N3O4S/c1-12-18(20-26-22(12)24)14-8-9-16(25-2)15(10-14)21-17(23)11-27-19(21)13-6-4-3-5-7-13/h3-10,19H,11H2,1-2H3. The van der Waals surface area contributed by atoms with Crippen LogP contribution in [0.15, 0.2) is 53.2 Å². The summed E-state index contributed by atoms with van der Waals surface area (Å²) < 4.78 is 10.2. The van der Waals surface area contributed by atoms with Gasteiger partial charge in [-0.05, 0) is 28.7 Å². The van der Waals surface area contributed by atoms with Crippen molar-refractivity contribution >= 4 is 23.4 Å². The second-order valence-corrected chi connectivity index (χ2v) is 7.16. The van der Waals surface area contributed by atoms with Crippen molar-refractivity contribution in [3.63, 3.8) is 0 Å². The first-order chi connectivity index (χ1) is 13.1. The molecular formula is C19H17N3O4S. The molecule has 1 fully saturated rings. The number of amides is 1. The topological polar surface area (TPSA) is 82.5 Å². The molecule has 1 amide bonds. The summed E-state index contributed by atoms with van der Waals surface area (Å²) in [4.78, 5) is 14.8. The summed E-state index contributed by atoms with van der Waals surface area (Å²) in [7, 11) is 1.57. The number of aromatic nitrogens is 2. The van der Waals surface area contributed by atoms with Gasteiger partial charge in [-0.15, -0.1) is 11.8 Å². The van der Waals surface area contributed by atoms with E-state index in [0.29, 0.717) is 39.0 Å². The van der Waals surface area contributed by atoms with E-state index in [9.17, 15) is 10.0 Å². The van der Waals surface area contributed by atoms with Gasteiger partial charge in [-0.3, -0.25) is 14.3 Å². The number of benzene rings is 2. The number of rotatable bonds is 4. The molecule has 8 heteroatoms. The van der Waals surface area contributed by atoms with Gasteiger partial charge in [0.05, 0.1) is 18.6 Å². The highest BCUT2D eigenvalue weighted by molar-refractivity contribution is 8.00. The molecule has 0 aliphatic carbocycles. The van der Waals surface area contributed by atoms with Gasteiger partial charge in [-0.1, -0.05) is 30.3 Å². The van der Waals surface area contributed by atoms with Crippen LogP contribution < -0.4 is 14.5 Å². The summed E-state index contributed by atoms with van der Waals surface area (Å²) in [6.45, 7) is 1.63. The van der Waals surface area contributed by atoms with Crippen LogP contribution in [0, 0.1) is 12.1 Å². The summed E-state index contributed by atoms with van der Waals surface area (Å²) in [5.74, 6) is 0.961. The SMILES string of the molecule is COc1ccc(-c2no[n+]([O-])c2C)cc1N1C(=O)CSC1c1ccccc1. The van der Waals surface area contributed by atoms with Crippen LogP contribution in [0.1, 0.15) is 16.6 Å². The summed E-state index contributed by atoms with van der Waals surface area (Å²) in [6, 6.07) is 15.2. The molecule has 1 aliphatic rings. The number of carbonyl (C=O) groups excluding carboxylic acids is 1. The van der Waals surface area contributed by atoms with Gasteiger partial charge in [-0.2, -0.15) is 0 Å². The van der Waals surface area contributed by atoms with Crippen LogP contribution in [0.25, 0.3) is 11.3 Å². The lowest BCUT2D eigenvalue weighted by Crippen LogP contribution is -2.28. The van der Waals surface area contributed by atoms with Crippen molar-refractivity contribution in [2.45, 2.75) is 12.3 Å². The van der Waals surface area contributed by atoms with Crippen LogP contribution in [-0.4, -0.2) is 23.9 Å². The van der Waals surface area contributed by atoms with Crippen LogP contribution in [0.2, 0.25) is 0 Å². The van der Waals surface area contributed by atoms with E-state index < -0.39 is 0 Å². The highest BCUT2D eigenvalue weighted by atomic mass is 32.2. The minimum atomic E-state index is -0.147. The molecule has 7 nitrogen and oxygen atoms in total. The largest absolute Gasteiger partial charge is 0.495 e. The summed E-state index contributed by atoms with van der Waals surface area (Å²) in [5, 5.41) is 15.2. The van der Waals surface area contributed by atoms with Gasteiger partial charge in [-0.25, -0.2) is 0 Å². The zero-order valence-electron chi connectivity index (χ0n) is 14.8. The lowest BCUT2D eigenvalue weighted by molar-refractivity contribution is -0.806.